The highest BCUT2D eigenvalue weighted by atomic mass is 16.7. The summed E-state index contributed by atoms with van der Waals surface area (Å²) in [6.07, 6.45) is 2.68. The summed E-state index contributed by atoms with van der Waals surface area (Å²) < 4.78 is 12.1. The smallest absolute Gasteiger partial charge is 0.399 e. The Morgan fingerprint density at radius 1 is 1.25 bits per heavy atom. The average Bonchev–Trinajstić information content (AvgIpc) is 2.84. The summed E-state index contributed by atoms with van der Waals surface area (Å²) in [5.74, 6) is 0.0361. The fraction of sp³-hybridized carbons (Fsp3) is 0.643. The largest absolute Gasteiger partial charge is 0.496 e. The maximum atomic E-state index is 12.1. The van der Waals surface area contributed by atoms with Crippen LogP contribution in [0.2, 0.25) is 0 Å². The van der Waals surface area contributed by atoms with Crippen molar-refractivity contribution in [2.75, 3.05) is 13.6 Å². The molecule has 2 aliphatic heterocycles. The molecule has 0 aliphatic carbocycles. The van der Waals surface area contributed by atoms with Gasteiger partial charge in [0.2, 0.25) is 0 Å². The van der Waals surface area contributed by atoms with Crippen LogP contribution in [0, 0.1) is 0 Å². The Kier molecular flexibility index (Phi) is 2.82. The van der Waals surface area contributed by atoms with Gasteiger partial charge in [0.05, 0.1) is 11.2 Å². The van der Waals surface area contributed by atoms with Crippen molar-refractivity contribution in [2.45, 2.75) is 45.3 Å². The number of carbonyl (C=O) groups excluding carboxylic acids is 1. The maximum absolute atomic E-state index is 12.1. The van der Waals surface area contributed by atoms with Gasteiger partial charge in [-0.1, -0.05) is 0 Å². The first-order valence-corrected chi connectivity index (χ1v) is 7.04. The molecule has 1 amide bonds. The van der Waals surface area contributed by atoms with E-state index in [-0.39, 0.29) is 17.1 Å². The van der Waals surface area contributed by atoms with Crippen molar-refractivity contribution in [3.8, 4) is 0 Å². The van der Waals surface area contributed by atoms with Crippen molar-refractivity contribution in [1.82, 2.24) is 9.88 Å². The number of rotatable bonds is 1. The lowest BCUT2D eigenvalue weighted by atomic mass is 9.76. The van der Waals surface area contributed by atoms with Crippen LogP contribution in [0.25, 0.3) is 0 Å². The zero-order valence-electron chi connectivity index (χ0n) is 12.7. The highest BCUT2D eigenvalue weighted by Gasteiger charge is 2.52. The summed E-state index contributed by atoms with van der Waals surface area (Å²) in [6, 6.07) is 0. The van der Waals surface area contributed by atoms with Gasteiger partial charge < -0.3 is 19.2 Å². The van der Waals surface area contributed by atoms with Crippen molar-refractivity contribution in [3.63, 3.8) is 0 Å². The number of fused-ring (bicyclic) bond motifs is 1. The van der Waals surface area contributed by atoms with Crippen LogP contribution < -0.4 is 5.46 Å². The van der Waals surface area contributed by atoms with Crippen molar-refractivity contribution in [3.05, 3.63) is 17.5 Å². The number of carbonyl (C=O) groups is 1. The third-order valence-corrected chi connectivity index (χ3v) is 4.79. The molecule has 1 aromatic rings. The van der Waals surface area contributed by atoms with E-state index in [1.54, 1.807) is 4.90 Å². The Bertz CT molecular complexity index is 549. The predicted molar refractivity (Wildman–Crippen MR) is 77.2 cm³/mol. The minimum absolute atomic E-state index is 0.0361. The van der Waals surface area contributed by atoms with Gasteiger partial charge >= 0.3 is 7.12 Å². The van der Waals surface area contributed by atoms with Gasteiger partial charge in [-0.25, -0.2) is 0 Å². The monoisotopic (exact) mass is 276 g/mol. The Balaban J connectivity index is 1.95. The van der Waals surface area contributed by atoms with Crippen molar-refractivity contribution in [2.24, 2.45) is 0 Å². The molecular weight excluding hydrogens is 255 g/mol. The standard InChI is InChI=1S/C14H21BN2O3/c1-13(2)14(3,4)20-15(19-13)10-8-16-11-9(10)6-7-17(5)12(11)18/h8,16H,6-7H2,1-5H3. The molecule has 0 spiro atoms. The molecule has 5 nitrogen and oxygen atoms in total. The number of amides is 1. The summed E-state index contributed by atoms with van der Waals surface area (Å²) in [5, 5.41) is 0. The summed E-state index contributed by atoms with van der Waals surface area (Å²) in [6.45, 7) is 8.86. The molecule has 1 fully saturated rings. The van der Waals surface area contributed by atoms with E-state index >= 15 is 0 Å². The quantitative estimate of drug-likeness (QED) is 0.777. The topological polar surface area (TPSA) is 54.6 Å². The predicted octanol–water partition coefficient (Wildman–Crippen LogP) is 0.942. The molecule has 0 bridgehead atoms. The van der Waals surface area contributed by atoms with Crippen molar-refractivity contribution in [1.29, 1.82) is 0 Å². The molecule has 0 unspecified atom stereocenters. The van der Waals surface area contributed by atoms with Crippen LogP contribution in [0.5, 0.6) is 0 Å². The van der Waals surface area contributed by atoms with Gasteiger partial charge in [-0.3, -0.25) is 4.79 Å². The fourth-order valence-corrected chi connectivity index (χ4v) is 2.68. The van der Waals surface area contributed by atoms with E-state index in [1.807, 2.05) is 40.9 Å². The van der Waals surface area contributed by atoms with Gasteiger partial charge in [0.1, 0.15) is 5.69 Å². The van der Waals surface area contributed by atoms with Gasteiger partial charge in [-0.05, 0) is 39.7 Å². The number of likely N-dealkylation sites (N-methyl/N-ethyl adjacent to an activating group) is 1. The molecule has 6 heteroatoms. The minimum Gasteiger partial charge on any atom is -0.399 e. The van der Waals surface area contributed by atoms with E-state index in [2.05, 4.69) is 4.98 Å². The Labute approximate surface area is 119 Å². The summed E-state index contributed by atoms with van der Waals surface area (Å²) in [4.78, 5) is 16.9. The van der Waals surface area contributed by atoms with Crippen LogP contribution >= 0.6 is 0 Å². The zero-order valence-corrected chi connectivity index (χ0v) is 12.7. The first-order chi connectivity index (χ1) is 9.23. The highest BCUT2D eigenvalue weighted by Crippen LogP contribution is 2.37. The van der Waals surface area contributed by atoms with Crippen LogP contribution in [0.4, 0.5) is 0 Å². The molecule has 0 aromatic carbocycles. The number of hydrogen-bond acceptors (Lipinski definition) is 3. The molecule has 20 heavy (non-hydrogen) atoms. The van der Waals surface area contributed by atoms with Gasteiger partial charge in [0, 0.05) is 25.3 Å². The van der Waals surface area contributed by atoms with Crippen LogP contribution in [-0.2, 0) is 15.7 Å². The number of nitrogens with zero attached hydrogens (tertiary/aromatic N) is 1. The summed E-state index contributed by atoms with van der Waals surface area (Å²) in [7, 11) is 1.41. The van der Waals surface area contributed by atoms with Gasteiger partial charge in [0.15, 0.2) is 0 Å². The Morgan fingerprint density at radius 2 is 1.85 bits per heavy atom. The van der Waals surface area contributed by atoms with E-state index < -0.39 is 7.12 Å². The Hall–Kier alpha value is -1.27. The number of aromatic nitrogens is 1. The molecule has 2 aliphatic rings. The number of nitrogens with one attached hydrogen (secondary N) is 1. The normalized spacial score (nSPS) is 24.1. The molecule has 0 radical (unpaired) electrons. The minimum atomic E-state index is -0.406. The van der Waals surface area contributed by atoms with Crippen molar-refractivity contribution >= 4 is 18.5 Å². The molecule has 0 saturated carbocycles. The molecule has 1 N–H and O–H groups in total. The van der Waals surface area contributed by atoms with Gasteiger partial charge in [0.25, 0.3) is 5.91 Å². The fourth-order valence-electron chi connectivity index (χ4n) is 2.68. The van der Waals surface area contributed by atoms with Crippen LogP contribution in [0.15, 0.2) is 6.20 Å². The van der Waals surface area contributed by atoms with Gasteiger partial charge in [-0.2, -0.15) is 0 Å². The third kappa shape index (κ3) is 1.82. The van der Waals surface area contributed by atoms with E-state index in [4.69, 9.17) is 9.31 Å². The van der Waals surface area contributed by atoms with Gasteiger partial charge in [-0.15, -0.1) is 0 Å². The Morgan fingerprint density at radius 3 is 2.45 bits per heavy atom. The number of H-pyrrole nitrogens is 1. The van der Waals surface area contributed by atoms with E-state index in [0.717, 1.165) is 24.0 Å². The molecule has 1 saturated heterocycles. The lowest BCUT2D eigenvalue weighted by Gasteiger charge is -2.32. The van der Waals surface area contributed by atoms with E-state index in [0.29, 0.717) is 5.69 Å². The molecule has 3 rings (SSSR count). The summed E-state index contributed by atoms with van der Waals surface area (Å²) in [5.41, 5.74) is 1.93. The highest BCUT2D eigenvalue weighted by molar-refractivity contribution is 6.62. The van der Waals surface area contributed by atoms with E-state index in [9.17, 15) is 4.79 Å². The zero-order chi connectivity index (χ0) is 14.7. The number of aromatic amines is 1. The van der Waals surface area contributed by atoms with Crippen molar-refractivity contribution < 1.29 is 14.1 Å². The third-order valence-electron chi connectivity index (χ3n) is 4.79. The second-order valence-electron chi connectivity index (χ2n) is 6.66. The molecular formula is C14H21BN2O3. The summed E-state index contributed by atoms with van der Waals surface area (Å²) >= 11 is 0. The van der Waals surface area contributed by atoms with E-state index in [1.165, 1.54) is 0 Å². The SMILES string of the molecule is CN1CCc2c(B3OC(C)(C)C(C)(C)O3)c[nH]c2C1=O. The molecule has 1 aromatic heterocycles. The van der Waals surface area contributed by atoms with Crippen LogP contribution in [0.3, 0.4) is 0 Å². The molecule has 3 heterocycles. The average molecular weight is 276 g/mol. The second kappa shape index (κ2) is 4.12. The van der Waals surface area contributed by atoms with Crippen LogP contribution in [-0.4, -0.2) is 47.7 Å². The maximum Gasteiger partial charge on any atom is 0.496 e. The van der Waals surface area contributed by atoms with Crippen LogP contribution in [0.1, 0.15) is 43.7 Å². The lowest BCUT2D eigenvalue weighted by molar-refractivity contribution is 0.00578. The lowest BCUT2D eigenvalue weighted by Crippen LogP contribution is -2.41. The first kappa shape index (κ1) is 13.7. The molecule has 0 atom stereocenters. The molecule has 108 valence electrons. The number of hydrogen-bond donors (Lipinski definition) is 1. The second-order valence-corrected chi connectivity index (χ2v) is 6.66. The first-order valence-electron chi connectivity index (χ1n) is 7.04.